The molecule has 2 aliphatic carbocycles. The molecule has 0 radical (unpaired) electrons. The van der Waals surface area contributed by atoms with Gasteiger partial charge in [0, 0.05) is 32.1 Å². The molecule has 1 saturated heterocycles. The van der Waals surface area contributed by atoms with Gasteiger partial charge in [0.1, 0.15) is 0 Å². The Morgan fingerprint density at radius 1 is 1.23 bits per heavy atom. The molecular weight excluding hydrogens is 511 g/mol. The summed E-state index contributed by atoms with van der Waals surface area (Å²) in [7, 11) is 0. The second-order valence-electron chi connectivity index (χ2n) is 8.29. The Balaban J connectivity index is 0.00000256. The number of nitrogens with one attached hydrogen (secondary N) is 2. The van der Waals surface area contributed by atoms with Crippen LogP contribution in [0.2, 0.25) is 0 Å². The van der Waals surface area contributed by atoms with Crippen molar-refractivity contribution in [2.24, 2.45) is 28.7 Å². The van der Waals surface area contributed by atoms with E-state index < -0.39 is 0 Å². The summed E-state index contributed by atoms with van der Waals surface area (Å²) in [4.78, 5) is 31.6. The minimum Gasteiger partial charge on any atom is -0.357 e. The highest BCUT2D eigenvalue weighted by molar-refractivity contribution is 14.0. The molecule has 1 saturated carbocycles. The smallest absolute Gasteiger partial charge is 0.233 e. The van der Waals surface area contributed by atoms with Crippen LogP contribution in [0.3, 0.4) is 0 Å². The van der Waals surface area contributed by atoms with Crippen molar-refractivity contribution in [1.29, 1.82) is 0 Å². The fraction of sp³-hybridized carbons (Fsp3) is 0.591. The Bertz CT molecular complexity index is 780. The molecule has 1 aliphatic heterocycles. The number of likely N-dealkylation sites (tertiary alicyclic amines) is 1. The molecule has 5 atom stereocenters. The van der Waals surface area contributed by atoms with Crippen LogP contribution in [0.5, 0.6) is 0 Å². The largest absolute Gasteiger partial charge is 0.357 e. The van der Waals surface area contributed by atoms with E-state index in [1.165, 1.54) is 10.5 Å². The molecule has 3 aliphatic rings. The first kappa shape index (κ1) is 23.2. The number of hydrogen-bond donors (Lipinski definition) is 2. The minimum absolute atomic E-state index is 0. The predicted octanol–water partition coefficient (Wildman–Crippen LogP) is 3.22. The van der Waals surface area contributed by atoms with E-state index in [4.69, 9.17) is 0 Å². The molecule has 1 aromatic rings. The van der Waals surface area contributed by atoms with E-state index in [1.807, 2.05) is 6.92 Å². The average Bonchev–Trinajstić information content (AvgIpc) is 3.49. The Hall–Kier alpha value is -1.42. The molecule has 6 nitrogen and oxygen atoms in total. The highest BCUT2D eigenvalue weighted by Gasteiger charge is 2.58. The SMILES string of the molecule is CCNC(=NCC(C)c1ccsc1)NCCCN1C(=O)C2C3C=CC(C3)C2C1=O.I. The van der Waals surface area contributed by atoms with Crippen LogP contribution in [0.4, 0.5) is 0 Å². The van der Waals surface area contributed by atoms with Gasteiger partial charge in [-0.25, -0.2) is 0 Å². The summed E-state index contributed by atoms with van der Waals surface area (Å²) in [5.41, 5.74) is 1.31. The van der Waals surface area contributed by atoms with Gasteiger partial charge in [0.25, 0.3) is 0 Å². The van der Waals surface area contributed by atoms with Gasteiger partial charge in [-0.15, -0.1) is 24.0 Å². The molecule has 2 bridgehead atoms. The first-order valence-corrected chi connectivity index (χ1v) is 11.6. The van der Waals surface area contributed by atoms with E-state index in [9.17, 15) is 9.59 Å². The number of imide groups is 1. The van der Waals surface area contributed by atoms with E-state index in [2.05, 4.69) is 51.5 Å². The number of amides is 2. The summed E-state index contributed by atoms with van der Waals surface area (Å²) >= 11 is 1.71. The minimum atomic E-state index is -0.0945. The maximum Gasteiger partial charge on any atom is 0.233 e. The van der Waals surface area contributed by atoms with Crippen LogP contribution in [0.1, 0.15) is 38.2 Å². The second kappa shape index (κ2) is 10.3. The van der Waals surface area contributed by atoms with Gasteiger partial charge in [0.05, 0.1) is 11.8 Å². The second-order valence-corrected chi connectivity index (χ2v) is 9.07. The molecule has 8 heteroatoms. The maximum absolute atomic E-state index is 12.7. The molecule has 30 heavy (non-hydrogen) atoms. The van der Waals surface area contributed by atoms with E-state index in [0.717, 1.165) is 25.3 Å². The first-order valence-electron chi connectivity index (χ1n) is 10.7. The third-order valence-corrected chi connectivity index (χ3v) is 7.09. The molecule has 1 aromatic heterocycles. The van der Waals surface area contributed by atoms with E-state index >= 15 is 0 Å². The van der Waals surface area contributed by atoms with Gasteiger partial charge in [-0.2, -0.15) is 11.3 Å². The summed E-state index contributed by atoms with van der Waals surface area (Å²) in [5, 5.41) is 10.9. The monoisotopic (exact) mass is 542 g/mol. The van der Waals surface area contributed by atoms with Gasteiger partial charge in [-0.3, -0.25) is 19.5 Å². The molecule has 2 fully saturated rings. The van der Waals surface area contributed by atoms with Crippen molar-refractivity contribution in [3.05, 3.63) is 34.5 Å². The average molecular weight is 542 g/mol. The Labute approximate surface area is 199 Å². The maximum atomic E-state index is 12.7. The molecule has 5 unspecified atom stereocenters. The van der Waals surface area contributed by atoms with Crippen molar-refractivity contribution < 1.29 is 9.59 Å². The number of fused-ring (bicyclic) bond motifs is 5. The van der Waals surface area contributed by atoms with E-state index in [1.54, 1.807) is 11.3 Å². The van der Waals surface area contributed by atoms with Crippen LogP contribution in [-0.4, -0.2) is 48.9 Å². The zero-order valence-electron chi connectivity index (χ0n) is 17.5. The van der Waals surface area contributed by atoms with E-state index in [-0.39, 0.29) is 59.5 Å². The molecule has 4 rings (SSSR count). The normalized spacial score (nSPS) is 27.9. The lowest BCUT2D eigenvalue weighted by Crippen LogP contribution is -2.40. The number of carbonyl (C=O) groups is 2. The highest BCUT2D eigenvalue weighted by Crippen LogP contribution is 2.52. The third kappa shape index (κ3) is 4.59. The Kier molecular flexibility index (Phi) is 7.95. The number of halogens is 1. The van der Waals surface area contributed by atoms with Crippen molar-refractivity contribution >= 4 is 53.1 Å². The lowest BCUT2D eigenvalue weighted by molar-refractivity contribution is -0.140. The summed E-state index contributed by atoms with van der Waals surface area (Å²) in [6, 6.07) is 2.15. The van der Waals surface area contributed by atoms with Gasteiger partial charge in [0.15, 0.2) is 5.96 Å². The van der Waals surface area contributed by atoms with Gasteiger partial charge in [-0.1, -0.05) is 19.1 Å². The molecule has 2 N–H and O–H groups in total. The third-order valence-electron chi connectivity index (χ3n) is 6.39. The van der Waals surface area contributed by atoms with Gasteiger partial charge in [0.2, 0.25) is 11.8 Å². The molecule has 0 spiro atoms. The molecule has 2 amide bonds. The van der Waals surface area contributed by atoms with Crippen molar-refractivity contribution in [1.82, 2.24) is 15.5 Å². The molecular formula is C22H31IN4O2S. The summed E-state index contributed by atoms with van der Waals surface area (Å²) in [6.45, 7) is 6.90. The summed E-state index contributed by atoms with van der Waals surface area (Å²) in [6.07, 6.45) is 5.98. The number of allylic oxidation sites excluding steroid dienone is 2. The van der Waals surface area contributed by atoms with Crippen molar-refractivity contribution in [2.45, 2.75) is 32.6 Å². The van der Waals surface area contributed by atoms with Crippen molar-refractivity contribution in [3.63, 3.8) is 0 Å². The zero-order valence-corrected chi connectivity index (χ0v) is 20.7. The fourth-order valence-corrected chi connectivity index (χ4v) is 5.64. The highest BCUT2D eigenvalue weighted by atomic mass is 127. The van der Waals surface area contributed by atoms with Gasteiger partial charge in [-0.05, 0) is 54.0 Å². The summed E-state index contributed by atoms with van der Waals surface area (Å²) in [5.74, 6) is 1.62. The van der Waals surface area contributed by atoms with E-state index in [0.29, 0.717) is 25.6 Å². The first-order chi connectivity index (χ1) is 14.1. The van der Waals surface area contributed by atoms with Gasteiger partial charge < -0.3 is 10.6 Å². The Morgan fingerprint density at radius 2 is 1.93 bits per heavy atom. The number of nitrogens with zero attached hydrogens (tertiary/aromatic N) is 2. The van der Waals surface area contributed by atoms with Crippen LogP contribution in [-0.2, 0) is 9.59 Å². The lowest BCUT2D eigenvalue weighted by atomic mass is 9.85. The predicted molar refractivity (Wildman–Crippen MR) is 131 cm³/mol. The standard InChI is InChI=1S/C22H30N4O2S.HI/c1-3-23-22(25-12-14(2)17-7-10-29-13-17)24-8-4-9-26-20(27)18-15-5-6-16(11-15)19(18)21(26)28;/h5-7,10,13-16,18-19H,3-4,8-9,11-12H2,1-2H3,(H2,23,24,25);1H. The molecule has 0 aromatic carbocycles. The van der Waals surface area contributed by atoms with Crippen LogP contribution in [0.25, 0.3) is 0 Å². The number of aliphatic imine (C=N–C) groups is 1. The molecule has 2 heterocycles. The van der Waals surface area contributed by atoms with Crippen LogP contribution >= 0.6 is 35.3 Å². The molecule has 164 valence electrons. The van der Waals surface area contributed by atoms with Crippen LogP contribution in [0, 0.1) is 23.7 Å². The fourth-order valence-electron chi connectivity index (χ4n) is 4.86. The lowest BCUT2D eigenvalue weighted by Gasteiger charge is -2.18. The number of hydrogen-bond acceptors (Lipinski definition) is 4. The Morgan fingerprint density at radius 3 is 2.53 bits per heavy atom. The number of thiophene rings is 1. The quantitative estimate of drug-likeness (QED) is 0.132. The number of guanidine groups is 1. The number of rotatable bonds is 8. The van der Waals surface area contributed by atoms with Crippen molar-refractivity contribution in [2.75, 3.05) is 26.2 Å². The van der Waals surface area contributed by atoms with Crippen molar-refractivity contribution in [3.8, 4) is 0 Å². The summed E-state index contributed by atoms with van der Waals surface area (Å²) < 4.78 is 0. The topological polar surface area (TPSA) is 73.8 Å². The zero-order chi connectivity index (χ0) is 20.4. The number of carbonyl (C=O) groups excluding carboxylic acids is 2. The van der Waals surface area contributed by atoms with Crippen LogP contribution < -0.4 is 10.6 Å². The van der Waals surface area contributed by atoms with Gasteiger partial charge >= 0.3 is 0 Å². The van der Waals surface area contributed by atoms with Crippen LogP contribution in [0.15, 0.2) is 34.0 Å².